The van der Waals surface area contributed by atoms with E-state index in [-0.39, 0.29) is 12.5 Å². The third-order valence-corrected chi connectivity index (χ3v) is 2.48. The number of carbonyl (C=O) groups excluding carboxylic acids is 1. The lowest BCUT2D eigenvalue weighted by Gasteiger charge is -2.05. The minimum atomic E-state index is -0.188. The lowest BCUT2D eigenvalue weighted by Crippen LogP contribution is -2.27. The Morgan fingerprint density at radius 1 is 1.44 bits per heavy atom. The Balaban J connectivity index is 2.22. The molecular formula is C11H15N5O2. The predicted molar refractivity (Wildman–Crippen MR) is 64.0 cm³/mol. The van der Waals surface area contributed by atoms with Gasteiger partial charge in [0.1, 0.15) is 6.61 Å². The molecule has 0 bridgehead atoms. The number of fused-ring (bicyclic) bond motifs is 1. The number of aryl methyl sites for hydroxylation is 2. The van der Waals surface area contributed by atoms with Crippen LogP contribution in [0.15, 0.2) is 6.07 Å². The summed E-state index contributed by atoms with van der Waals surface area (Å²) in [6, 6.07) is 1.94. The maximum absolute atomic E-state index is 11.3. The average molecular weight is 249 g/mol. The molecule has 0 aliphatic heterocycles. The van der Waals surface area contributed by atoms with Gasteiger partial charge in [-0.3, -0.25) is 9.20 Å². The lowest BCUT2D eigenvalue weighted by atomic mass is 10.3. The highest BCUT2D eigenvalue weighted by Crippen LogP contribution is 2.07. The van der Waals surface area contributed by atoms with E-state index in [2.05, 4.69) is 20.5 Å². The normalized spacial score (nSPS) is 10.8. The van der Waals surface area contributed by atoms with E-state index in [0.29, 0.717) is 18.1 Å². The predicted octanol–water partition coefficient (Wildman–Crippen LogP) is 0.00374. The molecule has 7 heteroatoms. The molecule has 0 atom stereocenters. The van der Waals surface area contributed by atoms with Gasteiger partial charge in [0.05, 0.1) is 6.54 Å². The molecule has 0 fully saturated rings. The van der Waals surface area contributed by atoms with Gasteiger partial charge in [-0.1, -0.05) is 0 Å². The summed E-state index contributed by atoms with van der Waals surface area (Å²) in [5.74, 6) is 1.01. The van der Waals surface area contributed by atoms with Crippen LogP contribution < -0.4 is 5.32 Å². The van der Waals surface area contributed by atoms with Crippen molar-refractivity contribution >= 4 is 11.7 Å². The van der Waals surface area contributed by atoms with E-state index < -0.39 is 0 Å². The van der Waals surface area contributed by atoms with Crippen LogP contribution in [0.25, 0.3) is 5.78 Å². The van der Waals surface area contributed by atoms with E-state index in [9.17, 15) is 4.79 Å². The minimum Gasteiger partial charge on any atom is -0.375 e. The fraction of sp³-hybridized carbons (Fsp3) is 0.455. The maximum atomic E-state index is 11.3. The van der Waals surface area contributed by atoms with E-state index in [1.165, 1.54) is 7.11 Å². The summed E-state index contributed by atoms with van der Waals surface area (Å²) in [5, 5.41) is 10.7. The van der Waals surface area contributed by atoms with Crippen LogP contribution in [0.1, 0.15) is 17.2 Å². The number of hydrogen-bond donors (Lipinski definition) is 1. The lowest BCUT2D eigenvalue weighted by molar-refractivity contribution is -0.124. The van der Waals surface area contributed by atoms with E-state index in [1.807, 2.05) is 24.3 Å². The zero-order valence-corrected chi connectivity index (χ0v) is 10.6. The third-order valence-electron chi connectivity index (χ3n) is 2.48. The van der Waals surface area contributed by atoms with Crippen LogP contribution in [-0.2, 0) is 16.1 Å². The smallest absolute Gasteiger partial charge is 0.255 e. The fourth-order valence-electron chi connectivity index (χ4n) is 1.77. The van der Waals surface area contributed by atoms with Gasteiger partial charge in [-0.25, -0.2) is 4.98 Å². The molecule has 18 heavy (non-hydrogen) atoms. The van der Waals surface area contributed by atoms with Crippen LogP contribution in [-0.4, -0.2) is 39.2 Å². The molecule has 1 N–H and O–H groups in total. The van der Waals surface area contributed by atoms with Gasteiger partial charge in [-0.15, -0.1) is 10.2 Å². The number of aromatic nitrogens is 4. The summed E-state index contributed by atoms with van der Waals surface area (Å²) in [6.07, 6.45) is 0. The Bertz CT molecular complexity index is 578. The topological polar surface area (TPSA) is 81.4 Å². The highest BCUT2D eigenvalue weighted by Gasteiger charge is 2.10. The summed E-state index contributed by atoms with van der Waals surface area (Å²) in [7, 11) is 1.48. The van der Waals surface area contributed by atoms with Gasteiger partial charge in [-0.05, 0) is 19.9 Å². The number of carbonyl (C=O) groups is 1. The maximum Gasteiger partial charge on any atom is 0.255 e. The molecule has 0 aliphatic rings. The molecule has 7 nitrogen and oxygen atoms in total. The zero-order valence-electron chi connectivity index (χ0n) is 10.6. The first-order chi connectivity index (χ1) is 8.61. The number of amides is 1. The van der Waals surface area contributed by atoms with E-state index in [1.54, 1.807) is 0 Å². The number of nitrogens with zero attached hydrogens (tertiary/aromatic N) is 4. The molecule has 2 heterocycles. The quantitative estimate of drug-likeness (QED) is 0.825. The van der Waals surface area contributed by atoms with Crippen molar-refractivity contribution in [3.8, 4) is 0 Å². The van der Waals surface area contributed by atoms with Gasteiger partial charge in [0.25, 0.3) is 5.78 Å². The molecular weight excluding hydrogens is 234 g/mol. The molecule has 1 amide bonds. The molecule has 0 aliphatic carbocycles. The number of hydrogen-bond acceptors (Lipinski definition) is 5. The van der Waals surface area contributed by atoms with Crippen LogP contribution >= 0.6 is 0 Å². The molecule has 2 rings (SSSR count). The molecule has 0 aromatic carbocycles. The van der Waals surface area contributed by atoms with Crippen LogP contribution in [0, 0.1) is 13.8 Å². The Morgan fingerprint density at radius 2 is 2.22 bits per heavy atom. The summed E-state index contributed by atoms with van der Waals surface area (Å²) >= 11 is 0. The second-order valence-electron chi connectivity index (χ2n) is 4.00. The van der Waals surface area contributed by atoms with Crippen LogP contribution in [0.5, 0.6) is 0 Å². The second-order valence-corrected chi connectivity index (χ2v) is 4.00. The van der Waals surface area contributed by atoms with Crippen LogP contribution in [0.4, 0.5) is 0 Å². The molecule has 0 spiro atoms. The number of nitrogens with one attached hydrogen (secondary N) is 1. The molecule has 2 aromatic heterocycles. The number of methoxy groups -OCH3 is 1. The fourth-order valence-corrected chi connectivity index (χ4v) is 1.77. The summed E-state index contributed by atoms with van der Waals surface area (Å²) in [6.45, 7) is 4.19. The first-order valence-electron chi connectivity index (χ1n) is 5.55. The zero-order chi connectivity index (χ0) is 13.1. The van der Waals surface area contributed by atoms with Crippen molar-refractivity contribution in [1.82, 2.24) is 24.9 Å². The van der Waals surface area contributed by atoms with Gasteiger partial charge in [0.15, 0.2) is 5.82 Å². The first-order valence-corrected chi connectivity index (χ1v) is 5.55. The highest BCUT2D eigenvalue weighted by molar-refractivity contribution is 5.77. The van der Waals surface area contributed by atoms with Gasteiger partial charge in [-0.2, -0.15) is 0 Å². The standard InChI is InChI=1S/C11H15N5O2/c1-7-4-8(2)16-9(14-15-11(16)13-7)5-12-10(17)6-18-3/h4H,5-6H2,1-3H3,(H,12,17). The third kappa shape index (κ3) is 2.45. The Hall–Kier alpha value is -2.02. The Kier molecular flexibility index (Phi) is 3.52. The van der Waals surface area contributed by atoms with Crippen molar-refractivity contribution in [2.24, 2.45) is 0 Å². The van der Waals surface area contributed by atoms with E-state index in [4.69, 9.17) is 4.74 Å². The molecule has 0 unspecified atom stereocenters. The van der Waals surface area contributed by atoms with Crippen molar-refractivity contribution in [3.63, 3.8) is 0 Å². The van der Waals surface area contributed by atoms with Crippen molar-refractivity contribution < 1.29 is 9.53 Å². The van der Waals surface area contributed by atoms with Gasteiger partial charge in [0, 0.05) is 18.5 Å². The Labute approximate surface area is 104 Å². The van der Waals surface area contributed by atoms with Crippen molar-refractivity contribution in [3.05, 3.63) is 23.3 Å². The van der Waals surface area contributed by atoms with Crippen LogP contribution in [0.2, 0.25) is 0 Å². The molecule has 2 aromatic rings. The first kappa shape index (κ1) is 12.4. The Morgan fingerprint density at radius 3 is 2.94 bits per heavy atom. The molecule has 96 valence electrons. The van der Waals surface area contributed by atoms with Crippen molar-refractivity contribution in [2.75, 3.05) is 13.7 Å². The van der Waals surface area contributed by atoms with Crippen LogP contribution in [0.3, 0.4) is 0 Å². The van der Waals surface area contributed by atoms with Gasteiger partial charge in [0.2, 0.25) is 5.91 Å². The van der Waals surface area contributed by atoms with Crippen molar-refractivity contribution in [1.29, 1.82) is 0 Å². The SMILES string of the molecule is COCC(=O)NCc1nnc2nc(C)cc(C)n12. The van der Waals surface area contributed by atoms with Gasteiger partial charge >= 0.3 is 0 Å². The van der Waals surface area contributed by atoms with E-state index in [0.717, 1.165) is 11.4 Å². The average Bonchev–Trinajstić information content (AvgIpc) is 2.70. The summed E-state index contributed by atoms with van der Waals surface area (Å²) in [4.78, 5) is 15.6. The number of ether oxygens (including phenoxy) is 1. The monoisotopic (exact) mass is 249 g/mol. The minimum absolute atomic E-state index is 0.0348. The highest BCUT2D eigenvalue weighted by atomic mass is 16.5. The van der Waals surface area contributed by atoms with Gasteiger partial charge < -0.3 is 10.1 Å². The number of rotatable bonds is 4. The summed E-state index contributed by atoms with van der Waals surface area (Å²) < 4.78 is 6.55. The van der Waals surface area contributed by atoms with Crippen molar-refractivity contribution in [2.45, 2.75) is 20.4 Å². The second kappa shape index (κ2) is 5.09. The molecule has 0 saturated carbocycles. The molecule has 0 radical (unpaired) electrons. The molecule has 0 saturated heterocycles. The largest absolute Gasteiger partial charge is 0.375 e. The summed E-state index contributed by atoms with van der Waals surface area (Å²) in [5.41, 5.74) is 1.88. The van der Waals surface area contributed by atoms with E-state index >= 15 is 0 Å².